The molecule has 1 aromatic heterocycles. The zero-order chi connectivity index (χ0) is 17.9. The van der Waals surface area contributed by atoms with Crippen molar-refractivity contribution in [1.82, 2.24) is 10.3 Å². The number of benzene rings is 1. The smallest absolute Gasteiger partial charge is 0.253 e. The topological polar surface area (TPSA) is 79.4 Å². The molecule has 1 aliphatic rings. The van der Waals surface area contributed by atoms with Crippen LogP contribution in [0.15, 0.2) is 48.7 Å². The second kappa shape index (κ2) is 7.23. The molecule has 0 radical (unpaired) electrons. The number of amides is 1. The number of hydrogen-bond acceptors (Lipinski definition) is 5. The van der Waals surface area contributed by atoms with Crippen molar-refractivity contribution in [3.05, 3.63) is 59.8 Å². The highest BCUT2D eigenvalue weighted by molar-refractivity contribution is 7.91. The Hall–Kier alpha value is -2.41. The molecule has 6 nitrogen and oxygen atoms in total. The third-order valence-electron chi connectivity index (χ3n) is 4.42. The fourth-order valence-corrected chi connectivity index (χ4v) is 4.65. The first-order valence-electron chi connectivity index (χ1n) is 8.16. The highest BCUT2D eigenvalue weighted by Crippen LogP contribution is 2.21. The van der Waals surface area contributed by atoms with Crippen LogP contribution in [0.2, 0.25) is 0 Å². The molecule has 25 heavy (non-hydrogen) atoms. The SMILES string of the molecule is CN(c1ccc(C(=O)NCc2ccccc2)cn1)C1CCS(=O)(=O)C1. The second-order valence-corrected chi connectivity index (χ2v) is 8.47. The second-order valence-electron chi connectivity index (χ2n) is 6.24. The highest BCUT2D eigenvalue weighted by atomic mass is 32.2. The van der Waals surface area contributed by atoms with Gasteiger partial charge in [0.2, 0.25) is 0 Å². The first-order valence-corrected chi connectivity index (χ1v) is 9.98. The summed E-state index contributed by atoms with van der Waals surface area (Å²) < 4.78 is 23.2. The highest BCUT2D eigenvalue weighted by Gasteiger charge is 2.31. The molecule has 0 spiro atoms. The molecule has 3 rings (SSSR count). The molecule has 0 bridgehead atoms. The summed E-state index contributed by atoms with van der Waals surface area (Å²) in [6.45, 7) is 0.460. The minimum atomic E-state index is -2.94. The van der Waals surface area contributed by atoms with Crippen molar-refractivity contribution in [2.75, 3.05) is 23.5 Å². The quantitative estimate of drug-likeness (QED) is 0.878. The number of pyridine rings is 1. The average molecular weight is 359 g/mol. The molecule has 0 saturated carbocycles. The molecule has 1 aromatic carbocycles. The number of nitrogens with one attached hydrogen (secondary N) is 1. The van der Waals surface area contributed by atoms with Crippen LogP contribution in [0.3, 0.4) is 0 Å². The van der Waals surface area contributed by atoms with Gasteiger partial charge in [-0.15, -0.1) is 0 Å². The van der Waals surface area contributed by atoms with Crippen LogP contribution in [0, 0.1) is 0 Å². The van der Waals surface area contributed by atoms with Crippen LogP contribution < -0.4 is 10.2 Å². The summed E-state index contributed by atoms with van der Waals surface area (Å²) in [4.78, 5) is 18.4. The first-order chi connectivity index (χ1) is 11.9. The summed E-state index contributed by atoms with van der Waals surface area (Å²) in [6.07, 6.45) is 2.13. The number of anilines is 1. The molecule has 1 fully saturated rings. The fourth-order valence-electron chi connectivity index (χ4n) is 2.88. The molecule has 1 atom stereocenters. The standard InChI is InChI=1S/C18H21N3O3S/c1-21(16-9-10-25(23,24)13-16)17-8-7-15(12-19-17)18(22)20-11-14-5-3-2-4-6-14/h2-8,12,16H,9-11,13H2,1H3,(H,20,22). The van der Waals surface area contributed by atoms with E-state index >= 15 is 0 Å². The number of carbonyl (C=O) groups excluding carboxylic acids is 1. The van der Waals surface area contributed by atoms with Gasteiger partial charge in [0.15, 0.2) is 9.84 Å². The van der Waals surface area contributed by atoms with Crippen LogP contribution >= 0.6 is 0 Å². The molecule has 7 heteroatoms. The lowest BCUT2D eigenvalue weighted by Gasteiger charge is -2.24. The Bertz CT molecular complexity index is 836. The van der Waals surface area contributed by atoms with E-state index in [9.17, 15) is 13.2 Å². The van der Waals surface area contributed by atoms with Crippen LogP contribution in [0.25, 0.3) is 0 Å². The van der Waals surface area contributed by atoms with Crippen LogP contribution in [0.4, 0.5) is 5.82 Å². The number of sulfone groups is 1. The molecule has 1 aliphatic heterocycles. The summed E-state index contributed by atoms with van der Waals surface area (Å²) in [5, 5.41) is 2.86. The maximum Gasteiger partial charge on any atom is 0.253 e. The van der Waals surface area contributed by atoms with E-state index in [1.54, 1.807) is 12.1 Å². The lowest BCUT2D eigenvalue weighted by atomic mass is 10.2. The summed E-state index contributed by atoms with van der Waals surface area (Å²) in [5.74, 6) is 0.864. The monoisotopic (exact) mass is 359 g/mol. The normalized spacial score (nSPS) is 18.7. The number of carbonyl (C=O) groups is 1. The zero-order valence-corrected chi connectivity index (χ0v) is 14.9. The molecule has 2 aromatic rings. The van der Waals surface area contributed by atoms with Crippen molar-refractivity contribution in [3.63, 3.8) is 0 Å². The number of nitrogens with zero attached hydrogens (tertiary/aromatic N) is 2. The molecular formula is C18H21N3O3S. The minimum Gasteiger partial charge on any atom is -0.356 e. The summed E-state index contributed by atoms with van der Waals surface area (Å²) >= 11 is 0. The van der Waals surface area contributed by atoms with E-state index < -0.39 is 9.84 Å². The van der Waals surface area contributed by atoms with Gasteiger partial charge in [-0.2, -0.15) is 0 Å². The molecule has 1 amide bonds. The van der Waals surface area contributed by atoms with E-state index in [1.165, 1.54) is 6.20 Å². The summed E-state index contributed by atoms with van der Waals surface area (Å²) in [7, 11) is -1.10. The largest absolute Gasteiger partial charge is 0.356 e. The van der Waals surface area contributed by atoms with Crippen LogP contribution in [0.5, 0.6) is 0 Å². The number of hydrogen-bond donors (Lipinski definition) is 1. The zero-order valence-electron chi connectivity index (χ0n) is 14.1. The maximum atomic E-state index is 12.2. The Balaban J connectivity index is 1.60. The van der Waals surface area contributed by atoms with Gasteiger partial charge < -0.3 is 10.2 Å². The third kappa shape index (κ3) is 4.36. The first kappa shape index (κ1) is 17.4. The average Bonchev–Trinajstić information content (AvgIpc) is 3.00. The lowest BCUT2D eigenvalue weighted by Crippen LogP contribution is -2.33. The molecular weight excluding hydrogens is 338 g/mol. The Morgan fingerprint density at radius 1 is 1.24 bits per heavy atom. The van der Waals surface area contributed by atoms with E-state index in [4.69, 9.17) is 0 Å². The van der Waals surface area contributed by atoms with Gasteiger partial charge in [-0.3, -0.25) is 4.79 Å². The van der Waals surface area contributed by atoms with Gasteiger partial charge in [0, 0.05) is 25.8 Å². The van der Waals surface area contributed by atoms with Gasteiger partial charge in [-0.1, -0.05) is 30.3 Å². The molecule has 132 valence electrons. The molecule has 2 heterocycles. The Labute approximate surface area is 147 Å². The van der Waals surface area contributed by atoms with Crippen molar-refractivity contribution < 1.29 is 13.2 Å². The summed E-state index contributed by atoms with van der Waals surface area (Å²) in [6, 6.07) is 13.1. The fraction of sp³-hybridized carbons (Fsp3) is 0.333. The van der Waals surface area contributed by atoms with Crippen LogP contribution in [-0.2, 0) is 16.4 Å². The van der Waals surface area contributed by atoms with Gasteiger partial charge in [0.1, 0.15) is 5.82 Å². The number of aromatic nitrogens is 1. The Morgan fingerprint density at radius 3 is 2.60 bits per heavy atom. The van der Waals surface area contributed by atoms with Gasteiger partial charge in [-0.25, -0.2) is 13.4 Å². The van der Waals surface area contributed by atoms with Crippen molar-refractivity contribution in [2.45, 2.75) is 19.0 Å². The third-order valence-corrected chi connectivity index (χ3v) is 6.17. The van der Waals surface area contributed by atoms with E-state index in [-0.39, 0.29) is 23.5 Å². The van der Waals surface area contributed by atoms with Crippen molar-refractivity contribution >= 4 is 21.6 Å². The van der Waals surface area contributed by atoms with E-state index in [1.807, 2.05) is 42.3 Å². The maximum absolute atomic E-state index is 12.2. The van der Waals surface area contributed by atoms with Gasteiger partial charge >= 0.3 is 0 Å². The minimum absolute atomic E-state index is 0.0599. The molecule has 1 unspecified atom stereocenters. The Morgan fingerprint density at radius 2 is 2.00 bits per heavy atom. The van der Waals surface area contributed by atoms with Crippen LogP contribution in [0.1, 0.15) is 22.3 Å². The van der Waals surface area contributed by atoms with E-state index in [0.717, 1.165) is 5.56 Å². The van der Waals surface area contributed by atoms with E-state index in [2.05, 4.69) is 10.3 Å². The van der Waals surface area contributed by atoms with E-state index in [0.29, 0.717) is 24.3 Å². The summed E-state index contributed by atoms with van der Waals surface area (Å²) in [5.41, 5.74) is 1.51. The van der Waals surface area contributed by atoms with Gasteiger partial charge in [0.05, 0.1) is 17.1 Å². The molecule has 0 aliphatic carbocycles. The van der Waals surface area contributed by atoms with Gasteiger partial charge in [0.25, 0.3) is 5.91 Å². The number of rotatable bonds is 5. The predicted octanol–water partition coefficient (Wildman–Crippen LogP) is 1.63. The van der Waals surface area contributed by atoms with Crippen molar-refractivity contribution in [1.29, 1.82) is 0 Å². The molecule has 1 N–H and O–H groups in total. The van der Waals surface area contributed by atoms with Crippen LogP contribution in [-0.4, -0.2) is 43.9 Å². The molecule has 1 saturated heterocycles. The van der Waals surface area contributed by atoms with Gasteiger partial charge in [-0.05, 0) is 24.1 Å². The Kier molecular flexibility index (Phi) is 5.03. The van der Waals surface area contributed by atoms with Crippen molar-refractivity contribution in [3.8, 4) is 0 Å². The van der Waals surface area contributed by atoms with Crippen molar-refractivity contribution in [2.24, 2.45) is 0 Å². The lowest BCUT2D eigenvalue weighted by molar-refractivity contribution is 0.0950. The predicted molar refractivity (Wildman–Crippen MR) is 97.3 cm³/mol.